The minimum atomic E-state index is -3.56. The number of nitrogens with one attached hydrogen (secondary N) is 1. The van der Waals surface area contributed by atoms with E-state index in [4.69, 9.17) is 0 Å². The Morgan fingerprint density at radius 3 is 2.67 bits per heavy atom. The number of thioether (sulfide) groups is 1. The lowest BCUT2D eigenvalue weighted by Crippen LogP contribution is -2.43. The van der Waals surface area contributed by atoms with Crippen molar-refractivity contribution in [1.82, 2.24) is 9.62 Å². The van der Waals surface area contributed by atoms with E-state index < -0.39 is 10.0 Å². The van der Waals surface area contributed by atoms with Crippen molar-refractivity contribution >= 4 is 21.8 Å². The van der Waals surface area contributed by atoms with Gasteiger partial charge in [-0.2, -0.15) is 11.8 Å². The van der Waals surface area contributed by atoms with Crippen LogP contribution in [0.5, 0.6) is 0 Å². The molecule has 2 aliphatic heterocycles. The number of halogens is 1. The standard InChI is InChI=1S/C17H25FN2O2S2/c1-13-10-16(2-3-17(13)18)24(21,22)19-11-14-4-7-20(8-5-14)15-6-9-23-12-15/h2-3,10,14-15,19H,4-9,11-12H2,1H3/t15-/m1/s1. The molecule has 0 saturated carbocycles. The second-order valence-corrected chi connectivity index (χ2v) is 9.68. The van der Waals surface area contributed by atoms with Crippen LogP contribution in [0.2, 0.25) is 0 Å². The molecule has 2 fully saturated rings. The third-order valence-corrected chi connectivity index (χ3v) is 7.64. The summed E-state index contributed by atoms with van der Waals surface area (Å²) in [5, 5.41) is 0. The fourth-order valence-electron chi connectivity index (χ4n) is 3.43. The monoisotopic (exact) mass is 372 g/mol. The molecule has 0 amide bonds. The first-order valence-electron chi connectivity index (χ1n) is 8.53. The van der Waals surface area contributed by atoms with Gasteiger partial charge in [-0.25, -0.2) is 17.5 Å². The minimum Gasteiger partial charge on any atom is -0.300 e. The molecule has 1 aromatic carbocycles. The van der Waals surface area contributed by atoms with Gasteiger partial charge < -0.3 is 0 Å². The van der Waals surface area contributed by atoms with Crippen molar-refractivity contribution in [3.63, 3.8) is 0 Å². The van der Waals surface area contributed by atoms with Crippen LogP contribution in [-0.2, 0) is 10.0 Å². The average molecular weight is 373 g/mol. The number of likely N-dealkylation sites (tertiary alicyclic amines) is 1. The van der Waals surface area contributed by atoms with Gasteiger partial charge in [0, 0.05) is 18.3 Å². The first-order chi connectivity index (χ1) is 11.5. The van der Waals surface area contributed by atoms with Crippen molar-refractivity contribution in [2.75, 3.05) is 31.1 Å². The Bertz CT molecular complexity index is 667. The SMILES string of the molecule is Cc1cc(S(=O)(=O)NCC2CCN([C@@H]3CCSC3)CC2)ccc1F. The van der Waals surface area contributed by atoms with Gasteiger partial charge >= 0.3 is 0 Å². The van der Waals surface area contributed by atoms with E-state index in [9.17, 15) is 12.8 Å². The first-order valence-corrected chi connectivity index (χ1v) is 11.2. The lowest BCUT2D eigenvalue weighted by Gasteiger charge is -2.35. The molecule has 4 nitrogen and oxygen atoms in total. The number of piperidine rings is 1. The second-order valence-electron chi connectivity index (χ2n) is 6.76. The molecule has 0 unspecified atom stereocenters. The Morgan fingerprint density at radius 2 is 2.04 bits per heavy atom. The largest absolute Gasteiger partial charge is 0.300 e. The van der Waals surface area contributed by atoms with Crippen molar-refractivity contribution in [3.05, 3.63) is 29.6 Å². The van der Waals surface area contributed by atoms with E-state index in [0.717, 1.165) is 32.0 Å². The van der Waals surface area contributed by atoms with Gasteiger partial charge in [0.1, 0.15) is 5.82 Å². The number of hydrogen-bond donors (Lipinski definition) is 1. The van der Waals surface area contributed by atoms with Crippen molar-refractivity contribution in [3.8, 4) is 0 Å². The molecular formula is C17H25FN2O2S2. The summed E-state index contributed by atoms with van der Waals surface area (Å²) in [6.45, 7) is 4.16. The Labute approximate surface area is 148 Å². The Hall–Kier alpha value is -0.630. The zero-order chi connectivity index (χ0) is 17.2. The van der Waals surface area contributed by atoms with Crippen LogP contribution in [0.1, 0.15) is 24.8 Å². The third kappa shape index (κ3) is 4.31. The van der Waals surface area contributed by atoms with Crippen LogP contribution < -0.4 is 4.72 Å². The molecule has 1 aromatic rings. The minimum absolute atomic E-state index is 0.141. The zero-order valence-electron chi connectivity index (χ0n) is 14.0. The summed E-state index contributed by atoms with van der Waals surface area (Å²) in [5.41, 5.74) is 0.348. The number of nitrogens with zero attached hydrogens (tertiary/aromatic N) is 1. The lowest BCUT2D eigenvalue weighted by atomic mass is 9.96. The number of benzene rings is 1. The van der Waals surface area contributed by atoms with E-state index in [1.807, 2.05) is 11.8 Å². The van der Waals surface area contributed by atoms with Gasteiger partial charge in [0.25, 0.3) is 0 Å². The molecular weight excluding hydrogens is 347 g/mol. The van der Waals surface area contributed by atoms with E-state index in [1.54, 1.807) is 6.92 Å². The molecule has 0 spiro atoms. The summed E-state index contributed by atoms with van der Waals surface area (Å²) in [7, 11) is -3.56. The van der Waals surface area contributed by atoms with E-state index in [1.165, 1.54) is 36.1 Å². The number of aryl methyl sites for hydroxylation is 1. The van der Waals surface area contributed by atoms with Gasteiger partial charge in [0.15, 0.2) is 0 Å². The average Bonchev–Trinajstić information content (AvgIpc) is 3.10. The summed E-state index contributed by atoms with van der Waals surface area (Å²) >= 11 is 2.03. The van der Waals surface area contributed by atoms with Crippen LogP contribution in [0.15, 0.2) is 23.1 Å². The van der Waals surface area contributed by atoms with E-state index in [0.29, 0.717) is 18.0 Å². The molecule has 2 heterocycles. The number of hydrogen-bond acceptors (Lipinski definition) is 4. The molecule has 24 heavy (non-hydrogen) atoms. The van der Waals surface area contributed by atoms with E-state index >= 15 is 0 Å². The highest BCUT2D eigenvalue weighted by Crippen LogP contribution is 2.27. The molecule has 0 aliphatic carbocycles. The summed E-state index contributed by atoms with van der Waals surface area (Å²) in [6.07, 6.45) is 3.35. The summed E-state index contributed by atoms with van der Waals surface area (Å²) < 4.78 is 40.7. The van der Waals surface area contributed by atoms with Gasteiger partial charge in [0.2, 0.25) is 10.0 Å². The van der Waals surface area contributed by atoms with E-state index in [2.05, 4.69) is 9.62 Å². The van der Waals surface area contributed by atoms with Crippen LogP contribution >= 0.6 is 11.8 Å². The van der Waals surface area contributed by atoms with Gasteiger partial charge in [-0.05, 0) is 74.7 Å². The van der Waals surface area contributed by atoms with Crippen molar-refractivity contribution in [1.29, 1.82) is 0 Å². The molecule has 1 N–H and O–H groups in total. The normalized spacial score (nSPS) is 23.7. The van der Waals surface area contributed by atoms with Gasteiger partial charge in [-0.15, -0.1) is 0 Å². The summed E-state index contributed by atoms with van der Waals surface area (Å²) in [5.74, 6) is 2.50. The van der Waals surface area contributed by atoms with Gasteiger partial charge in [0.05, 0.1) is 4.90 Å². The Balaban J connectivity index is 1.51. The lowest BCUT2D eigenvalue weighted by molar-refractivity contribution is 0.145. The van der Waals surface area contributed by atoms with E-state index in [-0.39, 0.29) is 10.7 Å². The van der Waals surface area contributed by atoms with Crippen LogP contribution in [0.25, 0.3) is 0 Å². The molecule has 0 bridgehead atoms. The number of sulfonamides is 1. The highest BCUT2D eigenvalue weighted by Gasteiger charge is 2.28. The van der Waals surface area contributed by atoms with Crippen LogP contribution in [0.3, 0.4) is 0 Å². The highest BCUT2D eigenvalue weighted by atomic mass is 32.2. The van der Waals surface area contributed by atoms with Gasteiger partial charge in [-0.3, -0.25) is 4.90 Å². The van der Waals surface area contributed by atoms with Crippen molar-refractivity contribution < 1.29 is 12.8 Å². The maximum absolute atomic E-state index is 13.3. The molecule has 7 heteroatoms. The van der Waals surface area contributed by atoms with Crippen LogP contribution in [0, 0.1) is 18.7 Å². The highest BCUT2D eigenvalue weighted by molar-refractivity contribution is 7.99. The van der Waals surface area contributed by atoms with Crippen molar-refractivity contribution in [2.45, 2.75) is 37.1 Å². The molecule has 134 valence electrons. The maximum atomic E-state index is 13.3. The molecule has 2 saturated heterocycles. The Kier molecular flexibility index (Phi) is 5.85. The molecule has 2 aliphatic rings. The predicted molar refractivity (Wildman–Crippen MR) is 96.4 cm³/mol. The van der Waals surface area contributed by atoms with Crippen molar-refractivity contribution in [2.24, 2.45) is 5.92 Å². The summed E-state index contributed by atoms with van der Waals surface area (Å²) in [4.78, 5) is 2.70. The molecule has 0 aromatic heterocycles. The zero-order valence-corrected chi connectivity index (χ0v) is 15.6. The fourth-order valence-corrected chi connectivity index (χ4v) is 5.88. The molecule has 0 radical (unpaired) electrons. The smallest absolute Gasteiger partial charge is 0.240 e. The number of rotatable bonds is 5. The fraction of sp³-hybridized carbons (Fsp3) is 0.647. The molecule has 3 rings (SSSR count). The Morgan fingerprint density at radius 1 is 1.29 bits per heavy atom. The van der Waals surface area contributed by atoms with Crippen LogP contribution in [-0.4, -0.2) is 50.5 Å². The quantitative estimate of drug-likeness (QED) is 0.863. The first kappa shape index (κ1) is 18.2. The topological polar surface area (TPSA) is 49.4 Å². The third-order valence-electron chi connectivity index (χ3n) is 5.07. The van der Waals surface area contributed by atoms with Crippen LogP contribution in [0.4, 0.5) is 4.39 Å². The summed E-state index contributed by atoms with van der Waals surface area (Å²) in [6, 6.07) is 4.64. The maximum Gasteiger partial charge on any atom is 0.240 e. The second kappa shape index (κ2) is 7.72. The predicted octanol–water partition coefficient (Wildman–Crippen LogP) is 2.63. The van der Waals surface area contributed by atoms with Gasteiger partial charge in [-0.1, -0.05) is 0 Å². The molecule has 1 atom stereocenters.